The Kier molecular flexibility index (Phi) is 4.33. The standard InChI is InChI=1S/C19H19NO5/c21-19(15-7-9-23-16-4-2-1-3-14(15)16)20-8-10-22-13-5-6-17-18(11-13)25-12-24-17/h1-6,11,15H,7-10,12H2,(H,20,21). The molecule has 4 rings (SSSR count). The summed E-state index contributed by atoms with van der Waals surface area (Å²) in [5.74, 6) is 2.72. The van der Waals surface area contributed by atoms with E-state index in [-0.39, 0.29) is 18.6 Å². The number of carbonyl (C=O) groups is 1. The predicted octanol–water partition coefficient (Wildman–Crippen LogP) is 2.48. The van der Waals surface area contributed by atoms with Gasteiger partial charge in [-0.15, -0.1) is 0 Å². The van der Waals surface area contributed by atoms with E-state index in [2.05, 4.69) is 5.32 Å². The molecule has 0 fully saturated rings. The molecule has 0 aliphatic carbocycles. The molecule has 0 bridgehead atoms. The number of amides is 1. The van der Waals surface area contributed by atoms with Crippen molar-refractivity contribution in [1.82, 2.24) is 5.32 Å². The van der Waals surface area contributed by atoms with Crippen molar-refractivity contribution >= 4 is 5.91 Å². The molecule has 1 atom stereocenters. The fourth-order valence-electron chi connectivity index (χ4n) is 3.05. The summed E-state index contributed by atoms with van der Waals surface area (Å²) in [5, 5.41) is 2.94. The molecule has 6 nitrogen and oxygen atoms in total. The number of rotatable bonds is 5. The van der Waals surface area contributed by atoms with Crippen molar-refractivity contribution in [3.63, 3.8) is 0 Å². The Balaban J connectivity index is 1.28. The zero-order chi connectivity index (χ0) is 17.1. The highest BCUT2D eigenvalue weighted by atomic mass is 16.7. The van der Waals surface area contributed by atoms with Crippen molar-refractivity contribution in [3.05, 3.63) is 48.0 Å². The molecular formula is C19H19NO5. The highest BCUT2D eigenvalue weighted by Crippen LogP contribution is 2.35. The fraction of sp³-hybridized carbons (Fsp3) is 0.316. The topological polar surface area (TPSA) is 66.0 Å². The molecule has 0 radical (unpaired) electrons. The number of benzene rings is 2. The lowest BCUT2D eigenvalue weighted by Crippen LogP contribution is -2.34. The number of hydrogen-bond acceptors (Lipinski definition) is 5. The predicted molar refractivity (Wildman–Crippen MR) is 90.4 cm³/mol. The van der Waals surface area contributed by atoms with E-state index in [1.807, 2.05) is 36.4 Å². The number of ether oxygens (including phenoxy) is 4. The van der Waals surface area contributed by atoms with Crippen LogP contribution in [0.25, 0.3) is 0 Å². The van der Waals surface area contributed by atoms with Gasteiger partial charge in [0.2, 0.25) is 12.7 Å². The Labute approximate surface area is 145 Å². The molecule has 6 heteroatoms. The van der Waals surface area contributed by atoms with Crippen molar-refractivity contribution in [2.24, 2.45) is 0 Å². The van der Waals surface area contributed by atoms with Crippen LogP contribution >= 0.6 is 0 Å². The summed E-state index contributed by atoms with van der Waals surface area (Å²) in [5.41, 5.74) is 0.947. The van der Waals surface area contributed by atoms with Gasteiger partial charge in [-0.1, -0.05) is 18.2 Å². The Hall–Kier alpha value is -2.89. The van der Waals surface area contributed by atoms with E-state index in [4.69, 9.17) is 18.9 Å². The van der Waals surface area contributed by atoms with E-state index in [9.17, 15) is 4.79 Å². The van der Waals surface area contributed by atoms with Crippen molar-refractivity contribution in [1.29, 1.82) is 0 Å². The summed E-state index contributed by atoms with van der Waals surface area (Å²) >= 11 is 0. The van der Waals surface area contributed by atoms with Crippen molar-refractivity contribution in [2.45, 2.75) is 12.3 Å². The monoisotopic (exact) mass is 341 g/mol. The van der Waals surface area contributed by atoms with Gasteiger partial charge in [0.1, 0.15) is 18.1 Å². The summed E-state index contributed by atoms with van der Waals surface area (Å²) < 4.78 is 21.8. The third-order valence-electron chi connectivity index (χ3n) is 4.29. The molecule has 25 heavy (non-hydrogen) atoms. The maximum absolute atomic E-state index is 12.5. The first-order chi connectivity index (χ1) is 12.3. The average molecular weight is 341 g/mol. The highest BCUT2D eigenvalue weighted by Gasteiger charge is 2.27. The van der Waals surface area contributed by atoms with E-state index in [0.717, 1.165) is 17.1 Å². The number of nitrogens with one attached hydrogen (secondary N) is 1. The molecule has 2 aliphatic rings. The Bertz CT molecular complexity index is 776. The van der Waals surface area contributed by atoms with Gasteiger partial charge in [0.25, 0.3) is 0 Å². The Morgan fingerprint density at radius 3 is 2.92 bits per heavy atom. The number of hydrogen-bond donors (Lipinski definition) is 1. The third kappa shape index (κ3) is 3.33. The lowest BCUT2D eigenvalue weighted by molar-refractivity contribution is -0.123. The van der Waals surface area contributed by atoms with Gasteiger partial charge < -0.3 is 24.3 Å². The summed E-state index contributed by atoms with van der Waals surface area (Å²) in [6, 6.07) is 13.1. The van der Waals surface area contributed by atoms with E-state index < -0.39 is 0 Å². The minimum Gasteiger partial charge on any atom is -0.493 e. The summed E-state index contributed by atoms with van der Waals surface area (Å²) in [6.07, 6.45) is 0.686. The molecule has 1 amide bonds. The molecule has 2 aliphatic heterocycles. The molecule has 0 aromatic heterocycles. The quantitative estimate of drug-likeness (QED) is 0.847. The Morgan fingerprint density at radius 1 is 1.08 bits per heavy atom. The maximum Gasteiger partial charge on any atom is 0.231 e. The van der Waals surface area contributed by atoms with Gasteiger partial charge in [-0.2, -0.15) is 0 Å². The van der Waals surface area contributed by atoms with E-state index in [1.54, 1.807) is 6.07 Å². The second kappa shape index (κ2) is 6.93. The zero-order valence-electron chi connectivity index (χ0n) is 13.7. The minimum atomic E-state index is -0.171. The zero-order valence-corrected chi connectivity index (χ0v) is 13.7. The number of carbonyl (C=O) groups excluding carboxylic acids is 1. The van der Waals surface area contributed by atoms with Gasteiger partial charge in [0.05, 0.1) is 19.1 Å². The largest absolute Gasteiger partial charge is 0.493 e. The third-order valence-corrected chi connectivity index (χ3v) is 4.29. The second-order valence-corrected chi connectivity index (χ2v) is 5.88. The van der Waals surface area contributed by atoms with Crippen LogP contribution in [0.1, 0.15) is 17.9 Å². The molecule has 2 aromatic carbocycles. The summed E-state index contributed by atoms with van der Waals surface area (Å²) in [4.78, 5) is 12.5. The van der Waals surface area contributed by atoms with Crippen LogP contribution in [0.4, 0.5) is 0 Å². The lowest BCUT2D eigenvalue weighted by atomic mass is 9.92. The van der Waals surface area contributed by atoms with Gasteiger partial charge in [-0.3, -0.25) is 4.79 Å². The maximum atomic E-state index is 12.5. The van der Waals surface area contributed by atoms with Crippen molar-refractivity contribution in [3.8, 4) is 23.0 Å². The van der Waals surface area contributed by atoms with Crippen molar-refractivity contribution < 1.29 is 23.7 Å². The molecule has 2 heterocycles. The molecule has 2 aromatic rings. The molecule has 0 saturated carbocycles. The summed E-state index contributed by atoms with van der Waals surface area (Å²) in [7, 11) is 0. The first-order valence-electron chi connectivity index (χ1n) is 8.33. The van der Waals surface area contributed by atoms with E-state index in [1.165, 1.54) is 0 Å². The van der Waals surface area contributed by atoms with Gasteiger partial charge in [-0.05, 0) is 24.6 Å². The molecule has 1 N–H and O–H groups in total. The van der Waals surface area contributed by atoms with Crippen LogP contribution < -0.4 is 24.3 Å². The van der Waals surface area contributed by atoms with Crippen LogP contribution in [0.2, 0.25) is 0 Å². The van der Waals surface area contributed by atoms with Crippen LogP contribution in [0, 0.1) is 0 Å². The van der Waals surface area contributed by atoms with Crippen molar-refractivity contribution in [2.75, 3.05) is 26.6 Å². The number of para-hydroxylation sites is 1. The Morgan fingerprint density at radius 2 is 1.96 bits per heavy atom. The van der Waals surface area contributed by atoms with E-state index >= 15 is 0 Å². The molecule has 130 valence electrons. The second-order valence-electron chi connectivity index (χ2n) is 5.88. The molecule has 1 unspecified atom stereocenters. The first-order valence-corrected chi connectivity index (χ1v) is 8.33. The first kappa shape index (κ1) is 15.6. The van der Waals surface area contributed by atoms with Gasteiger partial charge in [0.15, 0.2) is 11.5 Å². The molecule has 0 spiro atoms. The van der Waals surface area contributed by atoms with Gasteiger partial charge >= 0.3 is 0 Å². The lowest BCUT2D eigenvalue weighted by Gasteiger charge is -2.25. The normalized spacial score (nSPS) is 17.4. The van der Waals surface area contributed by atoms with Gasteiger partial charge in [-0.25, -0.2) is 0 Å². The van der Waals surface area contributed by atoms with E-state index in [0.29, 0.717) is 37.7 Å². The fourth-order valence-corrected chi connectivity index (χ4v) is 3.05. The molecular weight excluding hydrogens is 322 g/mol. The molecule has 0 saturated heterocycles. The summed E-state index contributed by atoms with van der Waals surface area (Å²) in [6.45, 7) is 1.62. The SMILES string of the molecule is O=C(NCCOc1ccc2c(c1)OCO2)C1CCOc2ccccc21. The highest BCUT2D eigenvalue weighted by molar-refractivity contribution is 5.84. The number of fused-ring (bicyclic) bond motifs is 2. The van der Waals surface area contributed by atoms with Crippen LogP contribution in [-0.4, -0.2) is 32.5 Å². The van der Waals surface area contributed by atoms with Crippen LogP contribution in [-0.2, 0) is 4.79 Å². The van der Waals surface area contributed by atoms with Gasteiger partial charge in [0, 0.05) is 11.6 Å². The smallest absolute Gasteiger partial charge is 0.231 e. The van der Waals surface area contributed by atoms with Crippen LogP contribution in [0.5, 0.6) is 23.0 Å². The minimum absolute atomic E-state index is 0.00466. The van der Waals surface area contributed by atoms with Crippen LogP contribution in [0.15, 0.2) is 42.5 Å². The average Bonchev–Trinajstić information content (AvgIpc) is 3.12. The van der Waals surface area contributed by atoms with Crippen LogP contribution in [0.3, 0.4) is 0 Å².